The zero-order valence-corrected chi connectivity index (χ0v) is 14.0. The van der Waals surface area contributed by atoms with Gasteiger partial charge in [0.05, 0.1) is 5.56 Å². The van der Waals surface area contributed by atoms with Gasteiger partial charge >= 0.3 is 0 Å². The van der Waals surface area contributed by atoms with Crippen LogP contribution in [0.2, 0.25) is 0 Å². The molecule has 1 amide bonds. The lowest BCUT2D eigenvalue weighted by Crippen LogP contribution is -2.25. The molecule has 0 aliphatic carbocycles. The standard InChI is InChI=1S/C20H22N2O2/c1-14(2)22-13-18(17-5-3-4-6-19(17)22)20(24)21-12-11-15-7-9-16(23)10-8-15/h3-10,13-14,23H,11-12H2,1-2H3,(H,21,24). The summed E-state index contributed by atoms with van der Waals surface area (Å²) in [6.07, 6.45) is 2.67. The van der Waals surface area contributed by atoms with Crippen LogP contribution in [0.1, 0.15) is 35.8 Å². The number of aromatic hydroxyl groups is 1. The third-order valence-corrected chi connectivity index (χ3v) is 4.18. The second kappa shape index (κ2) is 6.79. The fourth-order valence-corrected chi connectivity index (χ4v) is 2.89. The molecule has 0 spiro atoms. The summed E-state index contributed by atoms with van der Waals surface area (Å²) in [7, 11) is 0. The van der Waals surface area contributed by atoms with Crippen molar-refractivity contribution in [3.8, 4) is 5.75 Å². The van der Waals surface area contributed by atoms with E-state index in [0.717, 1.165) is 22.9 Å². The fraction of sp³-hybridized carbons (Fsp3) is 0.250. The van der Waals surface area contributed by atoms with Gasteiger partial charge in [0.2, 0.25) is 0 Å². The number of carbonyl (C=O) groups excluding carboxylic acids is 1. The Bertz CT molecular complexity index is 848. The van der Waals surface area contributed by atoms with Gasteiger partial charge in [0.15, 0.2) is 0 Å². The first-order valence-corrected chi connectivity index (χ1v) is 8.22. The number of phenolic OH excluding ortho intramolecular Hbond substituents is 1. The monoisotopic (exact) mass is 322 g/mol. The van der Waals surface area contributed by atoms with E-state index in [-0.39, 0.29) is 11.7 Å². The van der Waals surface area contributed by atoms with E-state index in [1.807, 2.05) is 42.6 Å². The highest BCUT2D eigenvalue weighted by molar-refractivity contribution is 6.07. The maximum absolute atomic E-state index is 12.6. The number of phenols is 1. The minimum atomic E-state index is -0.0515. The summed E-state index contributed by atoms with van der Waals surface area (Å²) in [6, 6.07) is 15.3. The van der Waals surface area contributed by atoms with Gasteiger partial charge < -0.3 is 15.0 Å². The van der Waals surface area contributed by atoms with E-state index in [9.17, 15) is 9.90 Å². The first-order chi connectivity index (χ1) is 11.6. The predicted molar refractivity (Wildman–Crippen MR) is 96.5 cm³/mol. The van der Waals surface area contributed by atoms with Crippen LogP contribution in [0.3, 0.4) is 0 Å². The molecule has 1 aromatic heterocycles. The second-order valence-electron chi connectivity index (χ2n) is 6.23. The first-order valence-electron chi connectivity index (χ1n) is 8.22. The molecule has 2 aromatic carbocycles. The van der Waals surface area contributed by atoms with E-state index in [0.29, 0.717) is 18.2 Å². The zero-order valence-electron chi connectivity index (χ0n) is 14.0. The Morgan fingerprint density at radius 1 is 1.12 bits per heavy atom. The van der Waals surface area contributed by atoms with Gasteiger partial charge in [-0.2, -0.15) is 0 Å². The van der Waals surface area contributed by atoms with Crippen molar-refractivity contribution in [3.63, 3.8) is 0 Å². The Balaban J connectivity index is 1.73. The quantitative estimate of drug-likeness (QED) is 0.748. The summed E-state index contributed by atoms with van der Waals surface area (Å²) >= 11 is 0. The molecule has 0 unspecified atom stereocenters. The van der Waals surface area contributed by atoms with Gasteiger partial charge in [0.25, 0.3) is 5.91 Å². The average Bonchev–Trinajstić information content (AvgIpc) is 2.96. The Morgan fingerprint density at radius 2 is 1.83 bits per heavy atom. The SMILES string of the molecule is CC(C)n1cc(C(=O)NCCc2ccc(O)cc2)c2ccccc21. The van der Waals surface area contributed by atoms with E-state index in [1.54, 1.807) is 12.1 Å². The molecule has 3 rings (SSSR count). The summed E-state index contributed by atoms with van der Waals surface area (Å²) in [6.45, 7) is 4.78. The van der Waals surface area contributed by atoms with Gasteiger partial charge in [-0.15, -0.1) is 0 Å². The molecule has 24 heavy (non-hydrogen) atoms. The first kappa shape index (κ1) is 16.1. The van der Waals surface area contributed by atoms with Crippen LogP contribution in [0.15, 0.2) is 54.7 Å². The van der Waals surface area contributed by atoms with E-state index >= 15 is 0 Å². The molecule has 124 valence electrons. The number of fused-ring (bicyclic) bond motifs is 1. The van der Waals surface area contributed by atoms with Crippen molar-refractivity contribution in [2.75, 3.05) is 6.54 Å². The number of para-hydroxylation sites is 1. The lowest BCUT2D eigenvalue weighted by Gasteiger charge is -2.08. The number of aromatic nitrogens is 1. The second-order valence-corrected chi connectivity index (χ2v) is 6.23. The minimum Gasteiger partial charge on any atom is -0.508 e. The number of carbonyl (C=O) groups is 1. The Morgan fingerprint density at radius 3 is 2.54 bits per heavy atom. The van der Waals surface area contributed by atoms with E-state index in [1.165, 1.54) is 0 Å². The molecule has 1 heterocycles. The Labute approximate surface area is 141 Å². The van der Waals surface area contributed by atoms with Crippen LogP contribution in [-0.2, 0) is 6.42 Å². The topological polar surface area (TPSA) is 54.3 Å². The highest BCUT2D eigenvalue weighted by Crippen LogP contribution is 2.24. The lowest BCUT2D eigenvalue weighted by molar-refractivity contribution is 0.0955. The smallest absolute Gasteiger partial charge is 0.253 e. The molecule has 0 fully saturated rings. The maximum Gasteiger partial charge on any atom is 0.253 e. The van der Waals surface area contributed by atoms with Crippen molar-refractivity contribution >= 4 is 16.8 Å². The summed E-state index contributed by atoms with van der Waals surface area (Å²) < 4.78 is 2.13. The zero-order chi connectivity index (χ0) is 17.1. The number of benzene rings is 2. The molecule has 3 aromatic rings. The van der Waals surface area contributed by atoms with Gasteiger partial charge in [0.1, 0.15) is 5.75 Å². The fourth-order valence-electron chi connectivity index (χ4n) is 2.89. The number of hydrogen-bond acceptors (Lipinski definition) is 2. The Kier molecular flexibility index (Phi) is 4.56. The molecule has 0 saturated heterocycles. The minimum absolute atomic E-state index is 0.0515. The van der Waals surface area contributed by atoms with Crippen LogP contribution in [0.25, 0.3) is 10.9 Å². The van der Waals surface area contributed by atoms with Crippen LogP contribution in [0, 0.1) is 0 Å². The number of nitrogens with zero attached hydrogens (tertiary/aromatic N) is 1. The molecule has 4 nitrogen and oxygen atoms in total. The predicted octanol–water partition coefficient (Wildman–Crippen LogP) is 3.90. The summed E-state index contributed by atoms with van der Waals surface area (Å²) in [4.78, 5) is 12.6. The van der Waals surface area contributed by atoms with Crippen molar-refractivity contribution in [1.82, 2.24) is 9.88 Å². The third-order valence-electron chi connectivity index (χ3n) is 4.18. The lowest BCUT2D eigenvalue weighted by atomic mass is 10.1. The van der Waals surface area contributed by atoms with E-state index in [2.05, 4.69) is 23.7 Å². The molecule has 0 aliphatic heterocycles. The van der Waals surface area contributed by atoms with Crippen molar-refractivity contribution in [1.29, 1.82) is 0 Å². The summed E-state index contributed by atoms with van der Waals surface area (Å²) in [5, 5.41) is 13.3. The number of nitrogens with one attached hydrogen (secondary N) is 1. The van der Waals surface area contributed by atoms with Crippen molar-refractivity contribution in [3.05, 3.63) is 65.9 Å². The molecule has 0 saturated carbocycles. The molecular formula is C20H22N2O2. The van der Waals surface area contributed by atoms with E-state index in [4.69, 9.17) is 0 Å². The molecule has 4 heteroatoms. The van der Waals surface area contributed by atoms with Crippen molar-refractivity contribution in [2.45, 2.75) is 26.3 Å². The molecule has 2 N–H and O–H groups in total. The van der Waals surface area contributed by atoms with Gasteiger partial charge in [-0.05, 0) is 44.0 Å². The molecule has 0 bridgehead atoms. The van der Waals surface area contributed by atoms with E-state index < -0.39 is 0 Å². The summed E-state index contributed by atoms with van der Waals surface area (Å²) in [5.41, 5.74) is 2.87. The van der Waals surface area contributed by atoms with Crippen LogP contribution >= 0.6 is 0 Å². The number of amides is 1. The molecule has 0 aliphatic rings. The van der Waals surface area contributed by atoms with Crippen LogP contribution in [0.5, 0.6) is 5.75 Å². The normalized spacial score (nSPS) is 11.1. The maximum atomic E-state index is 12.6. The van der Waals surface area contributed by atoms with Gasteiger partial charge in [-0.1, -0.05) is 30.3 Å². The van der Waals surface area contributed by atoms with Gasteiger partial charge in [0, 0.05) is 29.7 Å². The molecular weight excluding hydrogens is 300 g/mol. The number of hydrogen-bond donors (Lipinski definition) is 2. The highest BCUT2D eigenvalue weighted by Gasteiger charge is 2.15. The Hall–Kier alpha value is -2.75. The summed E-state index contributed by atoms with van der Waals surface area (Å²) in [5.74, 6) is 0.202. The van der Waals surface area contributed by atoms with Crippen LogP contribution in [0.4, 0.5) is 0 Å². The van der Waals surface area contributed by atoms with Gasteiger partial charge in [-0.3, -0.25) is 4.79 Å². The average molecular weight is 322 g/mol. The van der Waals surface area contributed by atoms with Crippen LogP contribution in [-0.4, -0.2) is 22.1 Å². The van der Waals surface area contributed by atoms with Crippen molar-refractivity contribution in [2.24, 2.45) is 0 Å². The van der Waals surface area contributed by atoms with Crippen LogP contribution < -0.4 is 5.32 Å². The van der Waals surface area contributed by atoms with Crippen molar-refractivity contribution < 1.29 is 9.90 Å². The largest absolute Gasteiger partial charge is 0.508 e. The third kappa shape index (κ3) is 3.27. The number of rotatable bonds is 5. The highest BCUT2D eigenvalue weighted by atomic mass is 16.3. The molecule has 0 radical (unpaired) electrons. The molecule has 0 atom stereocenters. The van der Waals surface area contributed by atoms with Gasteiger partial charge in [-0.25, -0.2) is 0 Å².